The summed E-state index contributed by atoms with van der Waals surface area (Å²) in [6.07, 6.45) is 2.95. The normalized spacial score (nSPS) is 10.5. The lowest BCUT2D eigenvalue weighted by molar-refractivity contribution is -0.116. The molecule has 0 radical (unpaired) electrons. The largest absolute Gasteiger partial charge is 0.382 e. The first-order valence-corrected chi connectivity index (χ1v) is 5.77. The van der Waals surface area contributed by atoms with Crippen molar-refractivity contribution in [2.75, 3.05) is 18.5 Å². The van der Waals surface area contributed by atoms with Crippen LogP contribution >= 0.6 is 0 Å². The van der Waals surface area contributed by atoms with E-state index >= 15 is 0 Å². The van der Waals surface area contributed by atoms with Crippen LogP contribution in [0.25, 0.3) is 0 Å². The summed E-state index contributed by atoms with van der Waals surface area (Å²) >= 11 is 0. The Kier molecular flexibility index (Phi) is 5.65. The molecule has 0 aliphatic heterocycles. The van der Waals surface area contributed by atoms with Gasteiger partial charge in [0.1, 0.15) is 0 Å². The van der Waals surface area contributed by atoms with Crippen LogP contribution in [0, 0.1) is 0 Å². The number of hydrogen-bond acceptors (Lipinski definition) is 4. The number of aromatic nitrogens is 2. The zero-order valence-corrected chi connectivity index (χ0v) is 10.4. The quantitative estimate of drug-likeness (QED) is 0.685. The van der Waals surface area contributed by atoms with Crippen LogP contribution < -0.4 is 11.1 Å². The first kappa shape index (κ1) is 13.7. The van der Waals surface area contributed by atoms with Crippen LogP contribution in [0.2, 0.25) is 0 Å². The molecule has 17 heavy (non-hydrogen) atoms. The molecule has 0 saturated heterocycles. The van der Waals surface area contributed by atoms with Crippen molar-refractivity contribution in [3.05, 3.63) is 11.8 Å². The Morgan fingerprint density at radius 1 is 1.65 bits per heavy atom. The van der Waals surface area contributed by atoms with Gasteiger partial charge in [-0.25, -0.2) is 0 Å². The zero-order chi connectivity index (χ0) is 12.7. The standard InChI is InChI=1S/C11H20N4O2/c1-3-17-6-4-5-10(16)13-11-9(7-12)8-15(2)14-11/h8H,3-7,12H2,1-2H3,(H,13,14,16). The molecule has 3 N–H and O–H groups in total. The molecule has 1 rings (SSSR count). The fourth-order valence-electron chi connectivity index (χ4n) is 1.47. The van der Waals surface area contributed by atoms with Gasteiger partial charge in [0.15, 0.2) is 5.82 Å². The molecule has 0 aromatic carbocycles. The van der Waals surface area contributed by atoms with Crippen molar-refractivity contribution in [2.45, 2.75) is 26.3 Å². The third-order valence-electron chi connectivity index (χ3n) is 2.28. The molecule has 1 amide bonds. The SMILES string of the molecule is CCOCCCC(=O)Nc1nn(C)cc1CN. The molecular weight excluding hydrogens is 220 g/mol. The van der Waals surface area contributed by atoms with E-state index < -0.39 is 0 Å². The van der Waals surface area contributed by atoms with E-state index in [0.29, 0.717) is 38.4 Å². The number of ether oxygens (including phenoxy) is 1. The summed E-state index contributed by atoms with van der Waals surface area (Å²) in [4.78, 5) is 11.6. The molecule has 0 bridgehead atoms. The summed E-state index contributed by atoms with van der Waals surface area (Å²) in [6, 6.07) is 0. The molecule has 0 fully saturated rings. The highest BCUT2D eigenvalue weighted by Crippen LogP contribution is 2.11. The maximum atomic E-state index is 11.6. The maximum absolute atomic E-state index is 11.6. The van der Waals surface area contributed by atoms with Crippen LogP contribution in [-0.2, 0) is 23.1 Å². The van der Waals surface area contributed by atoms with Crippen molar-refractivity contribution < 1.29 is 9.53 Å². The highest BCUT2D eigenvalue weighted by atomic mass is 16.5. The number of carbonyl (C=O) groups excluding carboxylic acids is 1. The number of nitrogens with zero attached hydrogens (tertiary/aromatic N) is 2. The molecule has 1 heterocycles. The van der Waals surface area contributed by atoms with Gasteiger partial charge >= 0.3 is 0 Å². The molecular formula is C11H20N4O2. The summed E-state index contributed by atoms with van der Waals surface area (Å²) in [5.74, 6) is 0.495. The summed E-state index contributed by atoms with van der Waals surface area (Å²) in [7, 11) is 1.80. The number of anilines is 1. The number of amides is 1. The topological polar surface area (TPSA) is 82.2 Å². The van der Waals surface area contributed by atoms with Gasteiger partial charge in [0.25, 0.3) is 0 Å². The fourth-order valence-corrected chi connectivity index (χ4v) is 1.47. The number of aryl methyl sites for hydroxylation is 1. The Morgan fingerprint density at radius 2 is 2.41 bits per heavy atom. The first-order valence-electron chi connectivity index (χ1n) is 5.77. The Labute approximate surface area is 101 Å². The van der Waals surface area contributed by atoms with Gasteiger partial charge in [-0.1, -0.05) is 0 Å². The van der Waals surface area contributed by atoms with Gasteiger partial charge in [-0.2, -0.15) is 5.10 Å². The fraction of sp³-hybridized carbons (Fsp3) is 0.636. The van der Waals surface area contributed by atoms with Gasteiger partial charge in [0.05, 0.1) is 0 Å². The van der Waals surface area contributed by atoms with Crippen LogP contribution in [0.3, 0.4) is 0 Å². The minimum Gasteiger partial charge on any atom is -0.382 e. The van der Waals surface area contributed by atoms with E-state index in [1.807, 2.05) is 6.92 Å². The van der Waals surface area contributed by atoms with Crippen molar-refractivity contribution in [1.82, 2.24) is 9.78 Å². The summed E-state index contributed by atoms with van der Waals surface area (Å²) in [5, 5.41) is 6.89. The van der Waals surface area contributed by atoms with Gasteiger partial charge in [-0.3, -0.25) is 9.48 Å². The Balaban J connectivity index is 2.39. The smallest absolute Gasteiger partial charge is 0.225 e. The molecule has 1 aromatic rings. The van der Waals surface area contributed by atoms with E-state index in [2.05, 4.69) is 10.4 Å². The van der Waals surface area contributed by atoms with Crippen LogP contribution in [0.5, 0.6) is 0 Å². The average molecular weight is 240 g/mol. The minimum absolute atomic E-state index is 0.0573. The molecule has 0 atom stereocenters. The van der Waals surface area contributed by atoms with Crippen LogP contribution in [-0.4, -0.2) is 28.9 Å². The van der Waals surface area contributed by atoms with E-state index in [1.165, 1.54) is 0 Å². The number of nitrogens with two attached hydrogens (primary N) is 1. The van der Waals surface area contributed by atoms with E-state index in [9.17, 15) is 4.79 Å². The first-order chi connectivity index (χ1) is 8.17. The summed E-state index contributed by atoms with van der Waals surface area (Å²) < 4.78 is 6.80. The second-order valence-electron chi connectivity index (χ2n) is 3.73. The zero-order valence-electron chi connectivity index (χ0n) is 10.4. The molecule has 0 aliphatic rings. The van der Waals surface area contributed by atoms with Crippen LogP contribution in [0.4, 0.5) is 5.82 Å². The highest BCUT2D eigenvalue weighted by Gasteiger charge is 2.09. The van der Waals surface area contributed by atoms with E-state index in [-0.39, 0.29) is 5.91 Å². The average Bonchev–Trinajstić information content (AvgIpc) is 2.65. The Bertz CT molecular complexity index is 362. The summed E-state index contributed by atoms with van der Waals surface area (Å²) in [6.45, 7) is 3.58. The Morgan fingerprint density at radius 3 is 3.06 bits per heavy atom. The van der Waals surface area contributed by atoms with Gasteiger partial charge in [-0.15, -0.1) is 0 Å². The molecule has 6 nitrogen and oxygen atoms in total. The third kappa shape index (κ3) is 4.54. The summed E-state index contributed by atoms with van der Waals surface area (Å²) in [5.41, 5.74) is 6.39. The molecule has 0 aliphatic carbocycles. The predicted molar refractivity (Wildman–Crippen MR) is 65.5 cm³/mol. The number of rotatable bonds is 7. The Hall–Kier alpha value is -1.40. The van der Waals surface area contributed by atoms with E-state index in [4.69, 9.17) is 10.5 Å². The van der Waals surface area contributed by atoms with Gasteiger partial charge in [0.2, 0.25) is 5.91 Å². The lowest BCUT2D eigenvalue weighted by Gasteiger charge is -2.04. The lowest BCUT2D eigenvalue weighted by atomic mass is 10.3. The highest BCUT2D eigenvalue weighted by molar-refractivity contribution is 5.90. The maximum Gasteiger partial charge on any atom is 0.225 e. The van der Waals surface area contributed by atoms with Crippen molar-refractivity contribution in [2.24, 2.45) is 12.8 Å². The van der Waals surface area contributed by atoms with Gasteiger partial charge < -0.3 is 15.8 Å². The number of hydrogen-bond donors (Lipinski definition) is 2. The molecule has 96 valence electrons. The van der Waals surface area contributed by atoms with E-state index in [1.54, 1.807) is 17.9 Å². The second kappa shape index (κ2) is 7.03. The monoisotopic (exact) mass is 240 g/mol. The third-order valence-corrected chi connectivity index (χ3v) is 2.28. The van der Waals surface area contributed by atoms with Crippen LogP contribution in [0.1, 0.15) is 25.3 Å². The van der Waals surface area contributed by atoms with Crippen molar-refractivity contribution in [3.63, 3.8) is 0 Å². The van der Waals surface area contributed by atoms with Crippen molar-refractivity contribution in [1.29, 1.82) is 0 Å². The van der Waals surface area contributed by atoms with Gasteiger partial charge in [0, 0.05) is 45.0 Å². The van der Waals surface area contributed by atoms with Gasteiger partial charge in [-0.05, 0) is 13.3 Å². The second-order valence-corrected chi connectivity index (χ2v) is 3.73. The predicted octanol–water partition coefficient (Wildman–Crippen LogP) is 0.634. The lowest BCUT2D eigenvalue weighted by Crippen LogP contribution is -2.14. The molecule has 0 spiro atoms. The number of nitrogens with one attached hydrogen (secondary N) is 1. The van der Waals surface area contributed by atoms with Crippen molar-refractivity contribution >= 4 is 11.7 Å². The molecule has 1 aromatic heterocycles. The van der Waals surface area contributed by atoms with Crippen LogP contribution in [0.15, 0.2) is 6.20 Å². The molecule has 0 saturated carbocycles. The minimum atomic E-state index is -0.0573. The molecule has 6 heteroatoms. The van der Waals surface area contributed by atoms with Crippen molar-refractivity contribution in [3.8, 4) is 0 Å². The van der Waals surface area contributed by atoms with E-state index in [0.717, 1.165) is 5.56 Å². The number of carbonyl (C=O) groups is 1. The molecule has 0 unspecified atom stereocenters.